The van der Waals surface area contributed by atoms with Crippen molar-refractivity contribution < 1.29 is 13.2 Å². The van der Waals surface area contributed by atoms with Crippen molar-refractivity contribution in [2.24, 2.45) is 0 Å². The Morgan fingerprint density at radius 1 is 1.25 bits per heavy atom. The van der Waals surface area contributed by atoms with E-state index in [2.05, 4.69) is 10.2 Å². The number of ether oxygens (including phenoxy) is 1. The second kappa shape index (κ2) is 5.80. The average Bonchev–Trinajstić information content (AvgIpc) is 2.81. The molecule has 0 aliphatic carbocycles. The van der Waals surface area contributed by atoms with Crippen molar-refractivity contribution in [3.05, 3.63) is 36.2 Å². The largest absolute Gasteiger partial charge is 0.486 e. The molecule has 2 aromatic rings. The third kappa shape index (κ3) is 3.29. The van der Waals surface area contributed by atoms with Crippen molar-refractivity contribution in [1.82, 2.24) is 14.8 Å². The zero-order chi connectivity index (χ0) is 14.8. The fraction of sp³-hybridized carbons (Fsp3) is 0.333. The Morgan fingerprint density at radius 2 is 1.90 bits per heavy atom. The van der Waals surface area contributed by atoms with E-state index in [0.717, 1.165) is 0 Å². The van der Waals surface area contributed by atoms with Crippen molar-refractivity contribution in [2.75, 3.05) is 0 Å². The summed E-state index contributed by atoms with van der Waals surface area (Å²) in [7, 11) is 1.41. The summed E-state index contributed by atoms with van der Waals surface area (Å²) in [5, 5.41) is 7.21. The van der Waals surface area contributed by atoms with Crippen LogP contribution in [-0.2, 0) is 15.7 Å². The fourth-order valence-electron chi connectivity index (χ4n) is 1.76. The summed E-state index contributed by atoms with van der Waals surface area (Å²) in [6.07, 6.45) is 0. The van der Waals surface area contributed by atoms with Crippen molar-refractivity contribution in [2.45, 2.75) is 31.7 Å². The first-order chi connectivity index (χ1) is 9.39. The lowest BCUT2D eigenvalue weighted by Gasteiger charge is -2.13. The molecule has 6 nitrogen and oxygen atoms in total. The van der Waals surface area contributed by atoms with Gasteiger partial charge >= 0.3 is 0 Å². The van der Waals surface area contributed by atoms with Crippen LogP contribution in [0.25, 0.3) is 0 Å². The van der Waals surface area contributed by atoms with Crippen LogP contribution in [0.3, 0.4) is 0 Å². The molecule has 0 N–H and O–H groups in total. The standard InChI is InChI=1S/C12H14ClN3O3S/c1-9(2)16-11(14-15-12(16)20(13,17)18)8-19-10-6-4-3-5-7-10/h3-7,9H,8H2,1-2H3. The molecule has 0 spiro atoms. The van der Waals surface area contributed by atoms with E-state index < -0.39 is 9.05 Å². The Bertz CT molecular complexity index is 683. The summed E-state index contributed by atoms with van der Waals surface area (Å²) in [5.41, 5.74) is 0. The summed E-state index contributed by atoms with van der Waals surface area (Å²) < 4.78 is 29.9. The molecule has 0 aliphatic rings. The molecule has 0 amide bonds. The molecule has 0 saturated carbocycles. The van der Waals surface area contributed by atoms with Gasteiger partial charge in [-0.1, -0.05) is 18.2 Å². The Kier molecular flexibility index (Phi) is 4.29. The van der Waals surface area contributed by atoms with Crippen LogP contribution in [0.2, 0.25) is 0 Å². The zero-order valence-electron chi connectivity index (χ0n) is 11.0. The van der Waals surface area contributed by atoms with E-state index in [0.29, 0.717) is 11.6 Å². The fourth-order valence-corrected chi connectivity index (χ4v) is 2.76. The van der Waals surface area contributed by atoms with Gasteiger partial charge in [0.1, 0.15) is 12.4 Å². The quantitative estimate of drug-likeness (QED) is 0.792. The smallest absolute Gasteiger partial charge is 0.296 e. The highest BCUT2D eigenvalue weighted by Gasteiger charge is 2.24. The molecule has 0 radical (unpaired) electrons. The minimum atomic E-state index is -3.93. The first-order valence-electron chi connectivity index (χ1n) is 5.96. The van der Waals surface area contributed by atoms with Gasteiger partial charge in [-0.15, -0.1) is 10.2 Å². The number of nitrogens with zero attached hydrogens (tertiary/aromatic N) is 3. The number of benzene rings is 1. The maximum Gasteiger partial charge on any atom is 0.296 e. The molecular weight excluding hydrogens is 302 g/mol. The normalized spacial score (nSPS) is 11.8. The van der Waals surface area contributed by atoms with Crippen LogP contribution in [0.5, 0.6) is 5.75 Å². The van der Waals surface area contributed by atoms with Gasteiger partial charge in [0.05, 0.1) is 0 Å². The van der Waals surface area contributed by atoms with Crippen LogP contribution in [0.4, 0.5) is 0 Å². The van der Waals surface area contributed by atoms with Gasteiger partial charge in [-0.05, 0) is 26.0 Å². The van der Waals surface area contributed by atoms with Crippen LogP contribution < -0.4 is 4.74 Å². The van der Waals surface area contributed by atoms with Gasteiger partial charge in [0.2, 0.25) is 0 Å². The Balaban J connectivity index is 2.27. The molecule has 0 unspecified atom stereocenters. The monoisotopic (exact) mass is 315 g/mol. The second-order valence-corrected chi connectivity index (χ2v) is 6.86. The van der Waals surface area contributed by atoms with E-state index in [4.69, 9.17) is 15.4 Å². The van der Waals surface area contributed by atoms with Gasteiger partial charge in [-0.3, -0.25) is 4.57 Å². The van der Waals surface area contributed by atoms with Gasteiger partial charge in [-0.2, -0.15) is 0 Å². The number of rotatable bonds is 5. The molecule has 2 rings (SSSR count). The minimum Gasteiger partial charge on any atom is -0.486 e. The third-order valence-electron chi connectivity index (χ3n) is 2.58. The molecule has 0 fully saturated rings. The lowest BCUT2D eigenvalue weighted by atomic mass is 10.3. The van der Waals surface area contributed by atoms with Crippen LogP contribution in [0, 0.1) is 0 Å². The van der Waals surface area contributed by atoms with E-state index in [9.17, 15) is 8.42 Å². The second-order valence-electron chi connectivity index (χ2n) is 4.40. The molecule has 1 aromatic carbocycles. The predicted octanol–water partition coefficient (Wildman–Crippen LogP) is 2.37. The Morgan fingerprint density at radius 3 is 2.45 bits per heavy atom. The van der Waals surface area contributed by atoms with Crippen molar-refractivity contribution in [3.63, 3.8) is 0 Å². The number of hydrogen-bond donors (Lipinski definition) is 0. The summed E-state index contributed by atoms with van der Waals surface area (Å²) in [6.45, 7) is 3.75. The third-order valence-corrected chi connectivity index (χ3v) is 3.71. The summed E-state index contributed by atoms with van der Waals surface area (Å²) >= 11 is 0. The van der Waals surface area contributed by atoms with Gasteiger partial charge in [-0.25, -0.2) is 8.42 Å². The molecular formula is C12H14ClN3O3S. The van der Waals surface area contributed by atoms with E-state index in [-0.39, 0.29) is 17.8 Å². The molecule has 0 aliphatic heterocycles. The maximum absolute atomic E-state index is 11.4. The molecule has 108 valence electrons. The van der Waals surface area contributed by atoms with Gasteiger partial charge in [0.15, 0.2) is 5.82 Å². The minimum absolute atomic E-state index is 0.113. The summed E-state index contributed by atoms with van der Waals surface area (Å²) in [6, 6.07) is 9.02. The van der Waals surface area contributed by atoms with Crippen molar-refractivity contribution in [1.29, 1.82) is 0 Å². The number of aromatic nitrogens is 3. The molecule has 20 heavy (non-hydrogen) atoms. The lowest BCUT2D eigenvalue weighted by Crippen LogP contribution is -2.13. The molecule has 1 heterocycles. The first-order valence-corrected chi connectivity index (χ1v) is 8.27. The first kappa shape index (κ1) is 14.8. The predicted molar refractivity (Wildman–Crippen MR) is 74.2 cm³/mol. The van der Waals surface area contributed by atoms with Crippen LogP contribution in [0.15, 0.2) is 35.5 Å². The maximum atomic E-state index is 11.4. The van der Waals surface area contributed by atoms with E-state index >= 15 is 0 Å². The number of hydrogen-bond acceptors (Lipinski definition) is 5. The van der Waals surface area contributed by atoms with Crippen LogP contribution >= 0.6 is 10.7 Å². The highest BCUT2D eigenvalue weighted by molar-refractivity contribution is 8.13. The van der Waals surface area contributed by atoms with E-state index in [1.54, 1.807) is 12.1 Å². The SMILES string of the molecule is CC(C)n1c(COc2ccccc2)nnc1S(=O)(=O)Cl. The molecule has 0 atom stereocenters. The number of halogens is 1. The van der Waals surface area contributed by atoms with Crippen molar-refractivity contribution in [3.8, 4) is 5.75 Å². The average molecular weight is 316 g/mol. The number of para-hydroxylation sites is 1. The molecule has 0 bridgehead atoms. The summed E-state index contributed by atoms with van der Waals surface area (Å²) in [5.74, 6) is 1.07. The van der Waals surface area contributed by atoms with Crippen molar-refractivity contribution >= 4 is 19.7 Å². The highest BCUT2D eigenvalue weighted by atomic mass is 35.7. The van der Waals surface area contributed by atoms with E-state index in [1.807, 2.05) is 32.0 Å². The Hall–Kier alpha value is -1.60. The lowest BCUT2D eigenvalue weighted by molar-refractivity contribution is 0.284. The highest BCUT2D eigenvalue weighted by Crippen LogP contribution is 2.20. The van der Waals surface area contributed by atoms with E-state index in [1.165, 1.54) is 4.57 Å². The van der Waals surface area contributed by atoms with Crippen LogP contribution in [-0.4, -0.2) is 23.2 Å². The molecule has 0 saturated heterocycles. The van der Waals surface area contributed by atoms with Crippen LogP contribution in [0.1, 0.15) is 25.7 Å². The van der Waals surface area contributed by atoms with Gasteiger partial charge < -0.3 is 4.74 Å². The molecule has 1 aromatic heterocycles. The Labute approximate surface area is 121 Å². The molecule has 8 heteroatoms. The van der Waals surface area contributed by atoms with Gasteiger partial charge in [0, 0.05) is 16.7 Å². The topological polar surface area (TPSA) is 74.1 Å². The van der Waals surface area contributed by atoms with Gasteiger partial charge in [0.25, 0.3) is 14.2 Å². The zero-order valence-corrected chi connectivity index (χ0v) is 12.6. The summed E-state index contributed by atoms with van der Waals surface area (Å²) in [4.78, 5) is 0.